The van der Waals surface area contributed by atoms with Crippen molar-refractivity contribution in [1.29, 1.82) is 0 Å². The van der Waals surface area contributed by atoms with Crippen LogP contribution in [0.5, 0.6) is 11.5 Å². The number of amides is 2. The van der Waals surface area contributed by atoms with Gasteiger partial charge >= 0.3 is 5.97 Å². The number of nitro groups is 1. The largest absolute Gasteiger partial charge is 0.493 e. The maximum absolute atomic E-state index is 12.6. The summed E-state index contributed by atoms with van der Waals surface area (Å²) in [6, 6.07) is 23.0. The Kier molecular flexibility index (Phi) is 9.95. The van der Waals surface area contributed by atoms with Gasteiger partial charge in [-0.15, -0.1) is 0 Å². The molecule has 4 aromatic carbocycles. The van der Waals surface area contributed by atoms with Crippen LogP contribution in [0.3, 0.4) is 0 Å². The number of methoxy groups -OCH3 is 1. The Bertz CT molecular complexity index is 1720. The molecule has 4 rings (SSSR count). The summed E-state index contributed by atoms with van der Waals surface area (Å²) in [6.45, 7) is 0. The lowest BCUT2D eigenvalue weighted by molar-refractivity contribution is -0.384. The second kappa shape index (κ2) is 14.2. The molecule has 0 atom stereocenters. The van der Waals surface area contributed by atoms with Crippen molar-refractivity contribution >= 4 is 53.0 Å². The molecule has 0 saturated carbocycles. The third-order valence-corrected chi connectivity index (χ3v) is 6.03. The SMILES string of the molecule is COc1cc(C=NNC(=O)c2cccc(NC(=O)c3ccc([N+](=O)[O-])cc3)c2)ccc1OC(=O)/C=C/c1ccc(Cl)cc1. The van der Waals surface area contributed by atoms with Crippen molar-refractivity contribution < 1.29 is 28.8 Å². The summed E-state index contributed by atoms with van der Waals surface area (Å²) in [5.41, 5.74) is 4.40. The Morgan fingerprint density at radius 3 is 2.28 bits per heavy atom. The Balaban J connectivity index is 1.34. The maximum atomic E-state index is 12.6. The van der Waals surface area contributed by atoms with Crippen LogP contribution in [0, 0.1) is 10.1 Å². The first kappa shape index (κ1) is 30.2. The summed E-state index contributed by atoms with van der Waals surface area (Å²) in [5.74, 6) is -1.16. The first-order chi connectivity index (χ1) is 20.7. The monoisotopic (exact) mass is 598 g/mol. The molecule has 0 aliphatic heterocycles. The van der Waals surface area contributed by atoms with E-state index in [4.69, 9.17) is 21.1 Å². The molecule has 0 aliphatic carbocycles. The number of anilines is 1. The van der Waals surface area contributed by atoms with E-state index in [1.807, 2.05) is 0 Å². The van der Waals surface area contributed by atoms with Crippen LogP contribution in [0.15, 0.2) is 102 Å². The van der Waals surface area contributed by atoms with Crippen molar-refractivity contribution in [2.75, 3.05) is 12.4 Å². The van der Waals surface area contributed by atoms with Crippen LogP contribution in [0.1, 0.15) is 31.8 Å². The number of hydrazone groups is 1. The van der Waals surface area contributed by atoms with E-state index in [1.165, 1.54) is 55.8 Å². The summed E-state index contributed by atoms with van der Waals surface area (Å²) in [6.07, 6.45) is 4.26. The van der Waals surface area contributed by atoms with E-state index in [1.54, 1.807) is 60.7 Å². The van der Waals surface area contributed by atoms with Crippen LogP contribution in [-0.2, 0) is 4.79 Å². The molecule has 0 radical (unpaired) electrons. The molecule has 0 aromatic heterocycles. The number of hydrogen-bond acceptors (Lipinski definition) is 8. The fourth-order valence-electron chi connectivity index (χ4n) is 3.64. The molecule has 12 heteroatoms. The molecular formula is C31H23ClN4O7. The predicted octanol–water partition coefficient (Wildman–Crippen LogP) is 5.89. The minimum Gasteiger partial charge on any atom is -0.493 e. The quantitative estimate of drug-likeness (QED) is 0.0577. The number of nitrogens with one attached hydrogen (secondary N) is 2. The highest BCUT2D eigenvalue weighted by molar-refractivity contribution is 6.30. The fourth-order valence-corrected chi connectivity index (χ4v) is 3.76. The molecule has 216 valence electrons. The van der Waals surface area contributed by atoms with E-state index in [2.05, 4.69) is 15.8 Å². The Morgan fingerprint density at radius 2 is 1.58 bits per heavy atom. The van der Waals surface area contributed by atoms with Crippen LogP contribution >= 0.6 is 11.6 Å². The third kappa shape index (κ3) is 8.59. The molecule has 0 saturated heterocycles. The van der Waals surface area contributed by atoms with Crippen LogP contribution in [0.2, 0.25) is 5.02 Å². The highest BCUT2D eigenvalue weighted by atomic mass is 35.5. The summed E-state index contributed by atoms with van der Waals surface area (Å²) in [7, 11) is 1.42. The molecule has 4 aromatic rings. The number of nitro benzene ring substituents is 1. The van der Waals surface area contributed by atoms with Gasteiger partial charge in [0.25, 0.3) is 17.5 Å². The molecule has 2 amide bonds. The van der Waals surface area contributed by atoms with Gasteiger partial charge < -0.3 is 14.8 Å². The standard InChI is InChI=1S/C31H23ClN4O7/c1-42-28-17-21(7-15-27(28)43-29(37)16-8-20-5-11-24(32)12-6-20)19-33-35-31(39)23-3-2-4-25(18-23)34-30(38)22-9-13-26(14-10-22)36(40)41/h2-19H,1H3,(H,34,38)(H,35,39)/b16-8+,33-19?. The molecule has 11 nitrogen and oxygen atoms in total. The molecule has 0 aliphatic rings. The van der Waals surface area contributed by atoms with Gasteiger partial charge in [-0.25, -0.2) is 10.2 Å². The maximum Gasteiger partial charge on any atom is 0.336 e. The number of nitrogens with zero attached hydrogens (tertiary/aromatic N) is 2. The summed E-state index contributed by atoms with van der Waals surface area (Å²) < 4.78 is 10.7. The van der Waals surface area contributed by atoms with E-state index in [9.17, 15) is 24.5 Å². The number of carbonyl (C=O) groups excluding carboxylic acids is 3. The van der Waals surface area contributed by atoms with Crippen LogP contribution < -0.4 is 20.2 Å². The second-order valence-corrected chi connectivity index (χ2v) is 9.19. The minimum absolute atomic E-state index is 0.132. The molecule has 43 heavy (non-hydrogen) atoms. The van der Waals surface area contributed by atoms with Gasteiger partial charge in [-0.3, -0.25) is 19.7 Å². The van der Waals surface area contributed by atoms with Gasteiger partial charge in [0.15, 0.2) is 11.5 Å². The van der Waals surface area contributed by atoms with Crippen molar-refractivity contribution in [3.63, 3.8) is 0 Å². The van der Waals surface area contributed by atoms with Gasteiger partial charge in [0.2, 0.25) is 0 Å². The fraction of sp³-hybridized carbons (Fsp3) is 0.0323. The minimum atomic E-state index is -0.604. The Hall–Kier alpha value is -5.81. The number of benzene rings is 4. The average molecular weight is 599 g/mol. The van der Waals surface area contributed by atoms with E-state index in [0.717, 1.165) is 5.56 Å². The smallest absolute Gasteiger partial charge is 0.336 e. The van der Waals surface area contributed by atoms with Crippen LogP contribution in [0.25, 0.3) is 6.08 Å². The normalized spacial score (nSPS) is 10.8. The Morgan fingerprint density at radius 1 is 0.860 bits per heavy atom. The van der Waals surface area contributed by atoms with Gasteiger partial charge in [0, 0.05) is 40.0 Å². The van der Waals surface area contributed by atoms with Crippen molar-refractivity contribution in [1.82, 2.24) is 5.43 Å². The lowest BCUT2D eigenvalue weighted by Gasteiger charge is -2.09. The van der Waals surface area contributed by atoms with Gasteiger partial charge in [0.1, 0.15) is 0 Å². The summed E-state index contributed by atoms with van der Waals surface area (Å²) >= 11 is 5.87. The van der Waals surface area contributed by atoms with Gasteiger partial charge in [0.05, 0.1) is 18.2 Å². The average Bonchev–Trinajstić information content (AvgIpc) is 3.01. The number of ether oxygens (including phenoxy) is 2. The van der Waals surface area contributed by atoms with Gasteiger partial charge in [-0.05, 0) is 77.9 Å². The van der Waals surface area contributed by atoms with Gasteiger partial charge in [-0.1, -0.05) is 29.8 Å². The van der Waals surface area contributed by atoms with Crippen molar-refractivity contribution in [2.45, 2.75) is 0 Å². The van der Waals surface area contributed by atoms with Gasteiger partial charge in [-0.2, -0.15) is 5.10 Å². The number of esters is 1. The number of halogens is 1. The van der Waals surface area contributed by atoms with E-state index < -0.39 is 22.7 Å². The van der Waals surface area contributed by atoms with E-state index in [-0.39, 0.29) is 28.3 Å². The van der Waals surface area contributed by atoms with Crippen molar-refractivity contribution in [3.05, 3.63) is 134 Å². The second-order valence-electron chi connectivity index (χ2n) is 8.75. The number of hydrogen-bond donors (Lipinski definition) is 2. The molecular weight excluding hydrogens is 576 g/mol. The topological polar surface area (TPSA) is 149 Å². The number of carbonyl (C=O) groups is 3. The van der Waals surface area contributed by atoms with Crippen molar-refractivity contribution in [3.8, 4) is 11.5 Å². The van der Waals surface area contributed by atoms with Crippen molar-refractivity contribution in [2.24, 2.45) is 5.10 Å². The first-order valence-corrected chi connectivity index (χ1v) is 12.9. The molecule has 0 heterocycles. The summed E-state index contributed by atoms with van der Waals surface area (Å²) in [5, 5.41) is 18.0. The van der Waals surface area contributed by atoms with E-state index >= 15 is 0 Å². The molecule has 0 spiro atoms. The zero-order valence-electron chi connectivity index (χ0n) is 22.5. The lowest BCUT2D eigenvalue weighted by Crippen LogP contribution is -2.18. The van der Waals surface area contributed by atoms with Crippen LogP contribution in [0.4, 0.5) is 11.4 Å². The van der Waals surface area contributed by atoms with E-state index in [0.29, 0.717) is 16.3 Å². The number of non-ortho nitro benzene ring substituents is 1. The highest BCUT2D eigenvalue weighted by Crippen LogP contribution is 2.28. The molecule has 0 bridgehead atoms. The first-order valence-electron chi connectivity index (χ1n) is 12.5. The zero-order chi connectivity index (χ0) is 30.8. The van der Waals surface area contributed by atoms with Crippen LogP contribution in [-0.4, -0.2) is 36.0 Å². The summed E-state index contributed by atoms with van der Waals surface area (Å²) in [4.78, 5) is 47.6. The zero-order valence-corrected chi connectivity index (χ0v) is 23.3. The predicted molar refractivity (Wildman–Crippen MR) is 162 cm³/mol. The molecule has 0 unspecified atom stereocenters. The third-order valence-electron chi connectivity index (χ3n) is 5.78. The molecule has 0 fully saturated rings. The molecule has 2 N–H and O–H groups in total. The number of rotatable bonds is 10. The highest BCUT2D eigenvalue weighted by Gasteiger charge is 2.12. The Labute approximate surface area is 250 Å². The lowest BCUT2D eigenvalue weighted by atomic mass is 10.1.